The molecule has 8 heteroatoms. The van der Waals surface area contributed by atoms with Gasteiger partial charge < -0.3 is 29.2 Å². The molecule has 1 saturated carbocycles. The number of aliphatic carboxylic acids is 1. The number of carbonyl (C=O) groups is 2. The van der Waals surface area contributed by atoms with Crippen LogP contribution in [-0.2, 0) is 28.5 Å². The summed E-state index contributed by atoms with van der Waals surface area (Å²) in [6.45, 7) is 5.91. The van der Waals surface area contributed by atoms with Gasteiger partial charge in [-0.25, -0.2) is 0 Å². The third-order valence-electron chi connectivity index (χ3n) is 8.61. The van der Waals surface area contributed by atoms with E-state index in [4.69, 9.17) is 24.1 Å². The van der Waals surface area contributed by atoms with Crippen molar-refractivity contribution in [3.63, 3.8) is 0 Å². The Morgan fingerprint density at radius 2 is 1.70 bits per heavy atom. The Kier molecular flexibility index (Phi) is 15.2. The number of hydrogen-bond donors (Lipinski definition) is 2. The van der Waals surface area contributed by atoms with Crippen LogP contribution in [0.15, 0.2) is 12.2 Å². The van der Waals surface area contributed by atoms with Crippen LogP contribution >= 0.6 is 0 Å². The fraction of sp³-hybridized carbons (Fsp3) is 0.875. The average molecular weight is 567 g/mol. The summed E-state index contributed by atoms with van der Waals surface area (Å²) in [5.41, 5.74) is 0. The molecular weight excluding hydrogens is 512 g/mol. The van der Waals surface area contributed by atoms with Crippen molar-refractivity contribution in [3.05, 3.63) is 12.2 Å². The zero-order chi connectivity index (χ0) is 28.7. The maximum Gasteiger partial charge on any atom is 0.303 e. The Hall–Kier alpha value is -1.32. The molecule has 2 aliphatic heterocycles. The smallest absolute Gasteiger partial charge is 0.303 e. The topological polar surface area (TPSA) is 112 Å². The average Bonchev–Trinajstić information content (AvgIpc) is 3.22. The second-order valence-corrected chi connectivity index (χ2v) is 12.2. The van der Waals surface area contributed by atoms with Crippen LogP contribution in [0.4, 0.5) is 0 Å². The number of carbonyl (C=O) groups excluding carboxylic acids is 1. The molecule has 0 amide bonds. The van der Waals surface area contributed by atoms with Gasteiger partial charge in [0.25, 0.3) is 0 Å². The molecule has 8 atom stereocenters. The van der Waals surface area contributed by atoms with E-state index in [0.717, 1.165) is 58.0 Å². The molecule has 2 heterocycles. The standard InChI is InChI=1S/C32H54O8/c1-3-4-11-23(2)20-25(39-31-14-7-9-18-37-31)16-17-26-27(21-24(33)12-5-6-13-30(35)36)28(34)22-29(26)40-32-15-8-10-19-38-32/h16-17,23,25-29,31-32,34H,3-15,18-22H2,1-2H3,(H,35,36)/t23-,25+,26+,27+,28-,29+,31?,32?/m0/s1. The molecule has 2 unspecified atom stereocenters. The SMILES string of the molecule is CCCC[C@H](C)C[C@@H](C=C[C@@H]1[C@@H](CC(=O)CCCCC(=O)O)[C@@H](O)C[C@H]1OC1CCCCO1)OC1CCCCO1. The minimum absolute atomic E-state index is 0.0685. The summed E-state index contributed by atoms with van der Waals surface area (Å²) in [5.74, 6) is -0.640. The molecule has 0 bridgehead atoms. The number of rotatable bonds is 18. The van der Waals surface area contributed by atoms with Crippen LogP contribution in [0.2, 0.25) is 0 Å². The van der Waals surface area contributed by atoms with Crippen LogP contribution in [-0.4, -0.2) is 66.1 Å². The predicted octanol–water partition coefficient (Wildman–Crippen LogP) is 6.18. The molecule has 2 saturated heterocycles. The second-order valence-electron chi connectivity index (χ2n) is 12.2. The molecule has 8 nitrogen and oxygen atoms in total. The molecule has 0 aromatic rings. The molecule has 40 heavy (non-hydrogen) atoms. The van der Waals surface area contributed by atoms with E-state index in [2.05, 4.69) is 26.0 Å². The van der Waals surface area contributed by atoms with Crippen LogP contribution < -0.4 is 0 Å². The van der Waals surface area contributed by atoms with Crippen LogP contribution in [0.3, 0.4) is 0 Å². The van der Waals surface area contributed by atoms with Gasteiger partial charge in [-0.05, 0) is 63.7 Å². The molecule has 3 aliphatic rings. The third-order valence-corrected chi connectivity index (χ3v) is 8.61. The largest absolute Gasteiger partial charge is 0.481 e. The molecular formula is C32H54O8. The molecule has 3 rings (SSSR count). The summed E-state index contributed by atoms with van der Waals surface area (Å²) >= 11 is 0. The number of aliphatic hydroxyl groups is 1. The predicted molar refractivity (Wildman–Crippen MR) is 153 cm³/mol. The first kappa shape index (κ1) is 33.2. The molecule has 0 radical (unpaired) electrons. The summed E-state index contributed by atoms with van der Waals surface area (Å²) in [7, 11) is 0. The van der Waals surface area contributed by atoms with E-state index in [1.165, 1.54) is 12.8 Å². The Balaban J connectivity index is 1.71. The maximum atomic E-state index is 12.9. The lowest BCUT2D eigenvalue weighted by Gasteiger charge is -2.30. The van der Waals surface area contributed by atoms with Gasteiger partial charge in [0.15, 0.2) is 12.6 Å². The quantitative estimate of drug-likeness (QED) is 0.149. The highest BCUT2D eigenvalue weighted by Gasteiger charge is 2.44. The van der Waals surface area contributed by atoms with Crippen LogP contribution in [0, 0.1) is 17.8 Å². The van der Waals surface area contributed by atoms with Crippen LogP contribution in [0.25, 0.3) is 0 Å². The van der Waals surface area contributed by atoms with Crippen LogP contribution in [0.1, 0.15) is 117 Å². The van der Waals surface area contributed by atoms with Gasteiger partial charge in [0, 0.05) is 50.7 Å². The number of unbranched alkanes of at least 4 members (excludes halogenated alkanes) is 2. The highest BCUT2D eigenvalue weighted by molar-refractivity contribution is 5.78. The van der Waals surface area contributed by atoms with Gasteiger partial charge in [0.2, 0.25) is 0 Å². The van der Waals surface area contributed by atoms with Gasteiger partial charge in [-0.3, -0.25) is 9.59 Å². The molecule has 0 aromatic carbocycles. The number of carboxylic acid groups (broad SMARTS) is 1. The van der Waals surface area contributed by atoms with E-state index in [1.54, 1.807) is 0 Å². The van der Waals surface area contributed by atoms with Gasteiger partial charge in [-0.1, -0.05) is 45.3 Å². The van der Waals surface area contributed by atoms with E-state index in [-0.39, 0.29) is 55.2 Å². The van der Waals surface area contributed by atoms with Crippen molar-refractivity contribution in [1.29, 1.82) is 0 Å². The molecule has 1 aliphatic carbocycles. The third kappa shape index (κ3) is 11.9. The Labute approximate surface area is 241 Å². The summed E-state index contributed by atoms with van der Waals surface area (Å²) in [6.07, 6.45) is 15.4. The maximum absolute atomic E-state index is 12.9. The zero-order valence-electron chi connectivity index (χ0n) is 24.8. The summed E-state index contributed by atoms with van der Waals surface area (Å²) in [4.78, 5) is 23.7. The lowest BCUT2D eigenvalue weighted by Crippen LogP contribution is -2.32. The van der Waals surface area contributed by atoms with Gasteiger partial charge >= 0.3 is 5.97 Å². The Morgan fingerprint density at radius 1 is 1.00 bits per heavy atom. The van der Waals surface area contributed by atoms with Crippen molar-refractivity contribution >= 4 is 11.8 Å². The lowest BCUT2D eigenvalue weighted by molar-refractivity contribution is -0.193. The summed E-state index contributed by atoms with van der Waals surface area (Å²) < 4.78 is 24.6. The Morgan fingerprint density at radius 3 is 2.35 bits per heavy atom. The normalized spacial score (nSPS) is 30.9. The van der Waals surface area contributed by atoms with E-state index in [1.807, 2.05) is 0 Å². The number of aliphatic hydroxyl groups excluding tert-OH is 1. The van der Waals surface area contributed by atoms with Crippen molar-refractivity contribution < 1.29 is 38.7 Å². The molecule has 2 N–H and O–H groups in total. The fourth-order valence-electron chi connectivity index (χ4n) is 6.28. The van der Waals surface area contributed by atoms with E-state index < -0.39 is 12.1 Å². The fourth-order valence-corrected chi connectivity index (χ4v) is 6.28. The first-order valence-corrected chi connectivity index (χ1v) is 16.0. The zero-order valence-corrected chi connectivity index (χ0v) is 24.8. The van der Waals surface area contributed by atoms with Gasteiger partial charge in [0.1, 0.15) is 5.78 Å². The van der Waals surface area contributed by atoms with Crippen LogP contribution in [0.5, 0.6) is 0 Å². The molecule has 230 valence electrons. The summed E-state index contributed by atoms with van der Waals surface area (Å²) in [5, 5.41) is 20.0. The van der Waals surface area contributed by atoms with E-state index in [0.29, 0.717) is 38.2 Å². The number of ketones is 1. The van der Waals surface area contributed by atoms with Crippen molar-refractivity contribution in [2.24, 2.45) is 17.8 Å². The second kappa shape index (κ2) is 18.3. The number of ether oxygens (including phenoxy) is 4. The minimum atomic E-state index is -0.840. The molecule has 0 spiro atoms. The Bertz CT molecular complexity index is 758. The first-order valence-electron chi connectivity index (χ1n) is 16.0. The minimum Gasteiger partial charge on any atom is -0.481 e. The van der Waals surface area contributed by atoms with Gasteiger partial charge in [0.05, 0.1) is 18.3 Å². The molecule has 3 fully saturated rings. The van der Waals surface area contributed by atoms with Crippen molar-refractivity contribution in [1.82, 2.24) is 0 Å². The number of Topliss-reactive ketones (excluding diaryl/α,β-unsaturated/α-hetero) is 1. The van der Waals surface area contributed by atoms with Gasteiger partial charge in [-0.2, -0.15) is 0 Å². The number of hydrogen-bond acceptors (Lipinski definition) is 7. The van der Waals surface area contributed by atoms with Crippen molar-refractivity contribution in [2.45, 2.75) is 147 Å². The van der Waals surface area contributed by atoms with E-state index in [9.17, 15) is 14.7 Å². The van der Waals surface area contributed by atoms with Crippen molar-refractivity contribution in [3.8, 4) is 0 Å². The van der Waals surface area contributed by atoms with E-state index >= 15 is 0 Å². The number of carboxylic acids is 1. The molecule has 0 aromatic heterocycles. The highest BCUT2D eigenvalue weighted by atomic mass is 16.7. The van der Waals surface area contributed by atoms with Gasteiger partial charge in [-0.15, -0.1) is 0 Å². The van der Waals surface area contributed by atoms with Crippen molar-refractivity contribution in [2.75, 3.05) is 13.2 Å². The highest BCUT2D eigenvalue weighted by Crippen LogP contribution is 2.40. The lowest BCUT2D eigenvalue weighted by atomic mass is 9.87. The monoisotopic (exact) mass is 566 g/mol. The first-order chi connectivity index (χ1) is 19.4. The summed E-state index contributed by atoms with van der Waals surface area (Å²) in [6, 6.07) is 0.